The number of aryl methyl sites for hydroxylation is 1. The Morgan fingerprint density at radius 3 is 2.56 bits per heavy atom. The zero-order valence-corrected chi connectivity index (χ0v) is 15.8. The molecule has 3 aromatic carbocycles. The molecule has 0 spiro atoms. The van der Waals surface area contributed by atoms with Crippen LogP contribution in [0.25, 0.3) is 10.8 Å². The van der Waals surface area contributed by atoms with Crippen molar-refractivity contribution in [3.05, 3.63) is 71.8 Å². The Kier molecular flexibility index (Phi) is 4.36. The van der Waals surface area contributed by atoms with Crippen molar-refractivity contribution in [2.24, 2.45) is 0 Å². The van der Waals surface area contributed by atoms with Gasteiger partial charge in [0.15, 0.2) is 0 Å². The molecule has 0 saturated heterocycles. The van der Waals surface area contributed by atoms with E-state index in [2.05, 4.69) is 5.32 Å². The average Bonchev–Trinajstić information content (AvgIpc) is 2.66. The average molecular weight is 380 g/mol. The zero-order chi connectivity index (χ0) is 19.0. The van der Waals surface area contributed by atoms with Crippen molar-refractivity contribution < 1.29 is 13.2 Å². The number of fused-ring (bicyclic) bond motifs is 2. The number of hydrogen-bond acceptors (Lipinski definition) is 3. The third kappa shape index (κ3) is 3.53. The van der Waals surface area contributed by atoms with Crippen LogP contribution in [-0.2, 0) is 16.4 Å². The maximum absolute atomic E-state index is 12.7. The summed E-state index contributed by atoms with van der Waals surface area (Å²) in [5.74, 6) is -0.220. The molecular weight excluding hydrogens is 360 g/mol. The van der Waals surface area contributed by atoms with Gasteiger partial charge in [-0.25, -0.2) is 8.42 Å². The van der Waals surface area contributed by atoms with Crippen LogP contribution < -0.4 is 9.62 Å². The summed E-state index contributed by atoms with van der Waals surface area (Å²) in [6.07, 6.45) is 2.84. The quantitative estimate of drug-likeness (QED) is 0.751. The summed E-state index contributed by atoms with van der Waals surface area (Å²) in [7, 11) is -3.34. The van der Waals surface area contributed by atoms with Gasteiger partial charge in [-0.15, -0.1) is 0 Å². The second kappa shape index (κ2) is 6.70. The third-order valence-corrected chi connectivity index (χ3v) is 6.01. The first-order valence-corrected chi connectivity index (χ1v) is 10.7. The molecule has 3 aromatic rings. The first kappa shape index (κ1) is 17.5. The minimum absolute atomic E-state index is 0.220. The number of nitrogens with one attached hydrogen (secondary N) is 1. The van der Waals surface area contributed by atoms with Crippen LogP contribution in [0, 0.1) is 0 Å². The van der Waals surface area contributed by atoms with E-state index < -0.39 is 10.0 Å². The number of hydrogen-bond donors (Lipinski definition) is 1. The second-order valence-electron chi connectivity index (χ2n) is 6.80. The first-order valence-electron chi connectivity index (χ1n) is 8.83. The molecule has 1 aliphatic heterocycles. The van der Waals surface area contributed by atoms with E-state index in [0.29, 0.717) is 23.5 Å². The van der Waals surface area contributed by atoms with Crippen LogP contribution in [0.4, 0.5) is 11.4 Å². The molecule has 0 aliphatic carbocycles. The monoisotopic (exact) mass is 380 g/mol. The molecule has 4 rings (SSSR count). The Labute approximate surface area is 158 Å². The molecule has 0 saturated carbocycles. The molecule has 0 radical (unpaired) electrons. The van der Waals surface area contributed by atoms with Crippen LogP contribution in [0.15, 0.2) is 60.7 Å². The summed E-state index contributed by atoms with van der Waals surface area (Å²) >= 11 is 0. The predicted molar refractivity (Wildman–Crippen MR) is 109 cm³/mol. The lowest BCUT2D eigenvalue weighted by molar-refractivity contribution is 0.102. The molecule has 0 bridgehead atoms. The highest BCUT2D eigenvalue weighted by Crippen LogP contribution is 2.32. The normalized spacial score (nSPS) is 14.0. The van der Waals surface area contributed by atoms with Crippen molar-refractivity contribution >= 4 is 38.1 Å². The molecule has 5 nitrogen and oxygen atoms in total. The molecule has 1 N–H and O–H groups in total. The Balaban J connectivity index is 1.63. The topological polar surface area (TPSA) is 66.5 Å². The van der Waals surface area contributed by atoms with E-state index in [4.69, 9.17) is 0 Å². The summed E-state index contributed by atoms with van der Waals surface area (Å²) in [4.78, 5) is 12.7. The number of rotatable bonds is 3. The number of carbonyl (C=O) groups excluding carboxylic acids is 1. The number of carbonyl (C=O) groups is 1. The van der Waals surface area contributed by atoms with E-state index in [0.717, 1.165) is 29.2 Å². The molecule has 0 unspecified atom stereocenters. The van der Waals surface area contributed by atoms with Gasteiger partial charge in [-0.2, -0.15) is 0 Å². The van der Waals surface area contributed by atoms with Crippen molar-refractivity contribution in [3.8, 4) is 0 Å². The summed E-state index contributed by atoms with van der Waals surface area (Å²) in [6, 6.07) is 18.9. The smallest absolute Gasteiger partial charge is 0.255 e. The summed E-state index contributed by atoms with van der Waals surface area (Å²) in [6.45, 7) is 0.466. The Hall–Kier alpha value is -2.86. The SMILES string of the molecule is CS(=O)(=O)N1CCCc2ccc(NC(=O)c3ccc4ccccc4c3)cc21. The number of nitrogens with zero attached hydrogens (tertiary/aromatic N) is 1. The van der Waals surface area contributed by atoms with Gasteiger partial charge in [0.05, 0.1) is 11.9 Å². The van der Waals surface area contributed by atoms with Gasteiger partial charge in [0.1, 0.15) is 0 Å². The number of anilines is 2. The molecule has 1 heterocycles. The van der Waals surface area contributed by atoms with Crippen molar-refractivity contribution in [3.63, 3.8) is 0 Å². The number of sulfonamides is 1. The maximum atomic E-state index is 12.7. The summed E-state index contributed by atoms with van der Waals surface area (Å²) in [5, 5.41) is 4.96. The van der Waals surface area contributed by atoms with Gasteiger partial charge < -0.3 is 5.32 Å². The Bertz CT molecular complexity index is 1140. The van der Waals surface area contributed by atoms with Crippen molar-refractivity contribution in [1.82, 2.24) is 0 Å². The van der Waals surface area contributed by atoms with E-state index in [1.165, 1.54) is 10.6 Å². The largest absolute Gasteiger partial charge is 0.322 e. The number of amides is 1. The predicted octanol–water partition coefficient (Wildman–Crippen LogP) is 3.80. The molecule has 138 valence electrons. The van der Waals surface area contributed by atoms with Crippen LogP contribution in [0.5, 0.6) is 0 Å². The standard InChI is InChI=1S/C21H20N2O3S/c1-27(25,26)23-12-4-7-16-10-11-19(14-20(16)23)22-21(24)18-9-8-15-5-2-3-6-17(15)13-18/h2-3,5-6,8-11,13-14H,4,7,12H2,1H3,(H,22,24). The number of benzene rings is 3. The van der Waals surface area contributed by atoms with Gasteiger partial charge in [-0.3, -0.25) is 9.10 Å². The lowest BCUT2D eigenvalue weighted by atomic mass is 10.0. The Morgan fingerprint density at radius 2 is 1.78 bits per heavy atom. The summed E-state index contributed by atoms with van der Waals surface area (Å²) < 4.78 is 25.5. The van der Waals surface area contributed by atoms with Crippen LogP contribution in [0.1, 0.15) is 22.3 Å². The molecule has 27 heavy (non-hydrogen) atoms. The first-order chi connectivity index (χ1) is 12.9. The van der Waals surface area contributed by atoms with E-state index in [-0.39, 0.29) is 5.91 Å². The van der Waals surface area contributed by atoms with Gasteiger partial charge in [0.25, 0.3) is 5.91 Å². The van der Waals surface area contributed by atoms with Crippen LogP contribution in [0.3, 0.4) is 0 Å². The van der Waals surface area contributed by atoms with Gasteiger partial charge in [-0.1, -0.05) is 36.4 Å². The summed E-state index contributed by atoms with van der Waals surface area (Å²) in [5.41, 5.74) is 2.78. The highest BCUT2D eigenvalue weighted by Gasteiger charge is 2.24. The molecular formula is C21H20N2O3S. The highest BCUT2D eigenvalue weighted by molar-refractivity contribution is 7.92. The molecule has 1 aliphatic rings. The molecule has 0 atom stereocenters. The van der Waals surface area contributed by atoms with E-state index >= 15 is 0 Å². The van der Waals surface area contributed by atoms with Crippen molar-refractivity contribution in [2.45, 2.75) is 12.8 Å². The van der Waals surface area contributed by atoms with E-state index in [1.54, 1.807) is 12.1 Å². The van der Waals surface area contributed by atoms with Gasteiger partial charge in [0.2, 0.25) is 10.0 Å². The maximum Gasteiger partial charge on any atom is 0.255 e. The fourth-order valence-electron chi connectivity index (χ4n) is 3.50. The molecule has 1 amide bonds. The molecule has 0 fully saturated rings. The lowest BCUT2D eigenvalue weighted by Gasteiger charge is -2.29. The molecule has 6 heteroatoms. The minimum atomic E-state index is -3.34. The lowest BCUT2D eigenvalue weighted by Crippen LogP contribution is -2.34. The van der Waals surface area contributed by atoms with Gasteiger partial charge >= 0.3 is 0 Å². The van der Waals surface area contributed by atoms with Crippen LogP contribution in [0.2, 0.25) is 0 Å². The van der Waals surface area contributed by atoms with E-state index in [1.807, 2.05) is 48.5 Å². The fraction of sp³-hybridized carbons (Fsp3) is 0.190. The zero-order valence-electron chi connectivity index (χ0n) is 15.0. The van der Waals surface area contributed by atoms with Crippen molar-refractivity contribution in [1.29, 1.82) is 0 Å². The second-order valence-corrected chi connectivity index (χ2v) is 8.71. The fourth-order valence-corrected chi connectivity index (χ4v) is 4.49. The van der Waals surface area contributed by atoms with Crippen LogP contribution in [-0.4, -0.2) is 27.1 Å². The Morgan fingerprint density at radius 1 is 1.00 bits per heavy atom. The van der Waals surface area contributed by atoms with Gasteiger partial charge in [0, 0.05) is 17.8 Å². The van der Waals surface area contributed by atoms with Crippen LogP contribution >= 0.6 is 0 Å². The van der Waals surface area contributed by atoms with Crippen molar-refractivity contribution in [2.75, 3.05) is 22.4 Å². The van der Waals surface area contributed by atoms with Gasteiger partial charge in [-0.05, 0) is 53.4 Å². The minimum Gasteiger partial charge on any atom is -0.322 e. The highest BCUT2D eigenvalue weighted by atomic mass is 32.2. The van der Waals surface area contributed by atoms with E-state index in [9.17, 15) is 13.2 Å². The third-order valence-electron chi connectivity index (χ3n) is 4.83. The molecule has 0 aromatic heterocycles.